The topological polar surface area (TPSA) is 108 Å². The Morgan fingerprint density at radius 1 is 1.32 bits per heavy atom. The first-order valence-corrected chi connectivity index (χ1v) is 10.9. The van der Waals surface area contributed by atoms with Gasteiger partial charge in [-0.05, 0) is 30.7 Å². The highest BCUT2D eigenvalue weighted by Crippen LogP contribution is 2.37. The van der Waals surface area contributed by atoms with Gasteiger partial charge in [0.15, 0.2) is 5.82 Å². The first-order valence-electron chi connectivity index (χ1n) is 10.9. The van der Waals surface area contributed by atoms with Gasteiger partial charge in [-0.25, -0.2) is 14.2 Å². The van der Waals surface area contributed by atoms with Crippen LogP contribution in [0.5, 0.6) is 0 Å². The predicted octanol–water partition coefficient (Wildman–Crippen LogP) is 3.76. The van der Waals surface area contributed by atoms with Crippen LogP contribution in [0, 0.1) is 17.7 Å². The van der Waals surface area contributed by atoms with Gasteiger partial charge in [0.2, 0.25) is 5.91 Å². The summed E-state index contributed by atoms with van der Waals surface area (Å²) < 4.78 is 20.9. The predicted molar refractivity (Wildman–Crippen MR) is 112 cm³/mol. The number of H-pyrrole nitrogens is 1. The fraction of sp³-hybridized carbons (Fsp3) is 0.591. The maximum atomic E-state index is 15.5. The number of rotatable bonds is 4. The Hall–Kier alpha value is -2.68. The van der Waals surface area contributed by atoms with E-state index in [1.165, 1.54) is 11.8 Å². The van der Waals surface area contributed by atoms with Crippen molar-refractivity contribution in [1.82, 2.24) is 20.2 Å². The minimum atomic E-state index is -1.10. The molecule has 0 bridgehead atoms. The largest absolute Gasteiger partial charge is 0.465 e. The number of hydrogen-bond acceptors (Lipinski definition) is 4. The third-order valence-corrected chi connectivity index (χ3v) is 6.56. The van der Waals surface area contributed by atoms with Crippen molar-refractivity contribution in [2.45, 2.75) is 51.6 Å². The number of fused-ring (bicyclic) bond motifs is 1. The second kappa shape index (κ2) is 8.82. The number of hydrogen-bond donors (Lipinski definition) is 3. The molecule has 2 aliphatic rings. The van der Waals surface area contributed by atoms with Crippen LogP contribution in [0.3, 0.4) is 0 Å². The maximum absolute atomic E-state index is 15.5. The molecule has 2 fully saturated rings. The van der Waals surface area contributed by atoms with Crippen molar-refractivity contribution in [1.29, 1.82) is 0 Å². The van der Waals surface area contributed by atoms with Crippen molar-refractivity contribution in [2.24, 2.45) is 11.8 Å². The van der Waals surface area contributed by atoms with Gasteiger partial charge in [0.25, 0.3) is 0 Å². The Balaban J connectivity index is 1.69. The average Bonchev–Trinajstić information content (AvgIpc) is 3.18. The molecule has 1 aromatic heterocycles. The normalized spacial score (nSPS) is 25.4. The van der Waals surface area contributed by atoms with Crippen LogP contribution in [0.4, 0.5) is 9.18 Å². The molecule has 0 unspecified atom stereocenters. The van der Waals surface area contributed by atoms with E-state index < -0.39 is 18.0 Å². The smallest absolute Gasteiger partial charge is 0.407 e. The van der Waals surface area contributed by atoms with Crippen LogP contribution >= 0.6 is 0 Å². The molecule has 31 heavy (non-hydrogen) atoms. The minimum Gasteiger partial charge on any atom is -0.465 e. The number of carbonyl (C=O) groups excluding carboxylic acids is 1. The number of nitrogens with zero attached hydrogens (tertiary/aromatic N) is 2. The Bertz CT molecular complexity index is 970. The molecule has 1 aromatic carbocycles. The molecule has 168 valence electrons. The van der Waals surface area contributed by atoms with Crippen LogP contribution in [0.1, 0.15) is 63.0 Å². The third-order valence-electron chi connectivity index (χ3n) is 6.56. The summed E-state index contributed by atoms with van der Waals surface area (Å²) in [6, 6.07) is 2.27. The first kappa shape index (κ1) is 21.5. The standard InChI is InChI=1S/C22H29FN4O4/c1-12-3-5-14(6-4-12)19(24-13(2)28)21-25-16-8-7-15(18(23)20(16)26-21)17-11-31-10-9-27(17)22(29)30/h7-8,12,14,17,19H,3-6,9-11H2,1-2H3,(H,24,28)(H,25,26)(H,29,30)/t12?,14?,17-,19+/m1/s1. The van der Waals surface area contributed by atoms with E-state index in [1.54, 1.807) is 12.1 Å². The van der Waals surface area contributed by atoms with Gasteiger partial charge in [-0.15, -0.1) is 0 Å². The number of amides is 2. The molecule has 2 heterocycles. The second-order valence-electron chi connectivity index (χ2n) is 8.75. The van der Waals surface area contributed by atoms with E-state index in [0.29, 0.717) is 17.3 Å². The van der Waals surface area contributed by atoms with Crippen LogP contribution in [0.2, 0.25) is 0 Å². The van der Waals surface area contributed by atoms with Crippen LogP contribution in [0.15, 0.2) is 12.1 Å². The number of carbonyl (C=O) groups is 2. The summed E-state index contributed by atoms with van der Waals surface area (Å²) in [7, 11) is 0. The van der Waals surface area contributed by atoms with Crippen molar-refractivity contribution in [3.63, 3.8) is 0 Å². The highest BCUT2D eigenvalue weighted by Gasteiger charge is 2.33. The van der Waals surface area contributed by atoms with E-state index in [-0.39, 0.29) is 48.7 Å². The number of carboxylic acid groups (broad SMARTS) is 1. The van der Waals surface area contributed by atoms with Crippen LogP contribution < -0.4 is 5.32 Å². The summed E-state index contributed by atoms with van der Waals surface area (Å²) in [5.41, 5.74) is 0.924. The molecule has 1 saturated carbocycles. The maximum Gasteiger partial charge on any atom is 0.407 e. The quantitative estimate of drug-likeness (QED) is 0.682. The monoisotopic (exact) mass is 432 g/mol. The fourth-order valence-electron chi connectivity index (χ4n) is 4.82. The zero-order valence-corrected chi connectivity index (χ0v) is 17.9. The van der Waals surface area contributed by atoms with Crippen molar-refractivity contribution in [3.05, 3.63) is 29.3 Å². The number of benzene rings is 1. The summed E-state index contributed by atoms with van der Waals surface area (Å²) in [4.78, 5) is 32.4. The zero-order valence-electron chi connectivity index (χ0n) is 17.9. The number of imidazole rings is 1. The average molecular weight is 432 g/mol. The summed E-state index contributed by atoms with van der Waals surface area (Å²) >= 11 is 0. The number of nitrogens with one attached hydrogen (secondary N) is 2. The molecule has 8 nitrogen and oxygen atoms in total. The second-order valence-corrected chi connectivity index (χ2v) is 8.75. The zero-order chi connectivity index (χ0) is 22.1. The highest BCUT2D eigenvalue weighted by molar-refractivity contribution is 5.78. The van der Waals surface area contributed by atoms with E-state index >= 15 is 4.39 Å². The Morgan fingerprint density at radius 2 is 2.06 bits per heavy atom. The molecular formula is C22H29FN4O4. The van der Waals surface area contributed by atoms with Gasteiger partial charge in [0.05, 0.1) is 30.8 Å². The molecule has 9 heteroatoms. The van der Waals surface area contributed by atoms with Crippen LogP contribution in [-0.4, -0.2) is 51.7 Å². The Morgan fingerprint density at radius 3 is 2.74 bits per heavy atom. The molecule has 0 radical (unpaired) electrons. The van der Waals surface area contributed by atoms with Gasteiger partial charge in [0, 0.05) is 19.0 Å². The molecular weight excluding hydrogens is 403 g/mol. The SMILES string of the molecule is CC(=O)N[C@H](c1nc2c(F)c([C@H]3COCCN3C(=O)O)ccc2[nH]1)C1CCC(C)CC1. The van der Waals surface area contributed by atoms with E-state index in [0.717, 1.165) is 25.7 Å². The molecule has 3 N–H and O–H groups in total. The minimum absolute atomic E-state index is 0.0980. The third kappa shape index (κ3) is 4.37. The van der Waals surface area contributed by atoms with Crippen LogP contribution in [0.25, 0.3) is 11.0 Å². The van der Waals surface area contributed by atoms with Gasteiger partial charge < -0.3 is 20.1 Å². The number of aromatic nitrogens is 2. The summed E-state index contributed by atoms with van der Waals surface area (Å²) in [5, 5.41) is 12.5. The fourth-order valence-corrected chi connectivity index (χ4v) is 4.82. The van der Waals surface area contributed by atoms with Gasteiger partial charge in [-0.1, -0.05) is 25.8 Å². The highest BCUT2D eigenvalue weighted by atomic mass is 19.1. The molecule has 4 rings (SSSR count). The Kier molecular flexibility index (Phi) is 6.13. The van der Waals surface area contributed by atoms with Crippen LogP contribution in [-0.2, 0) is 9.53 Å². The number of ether oxygens (including phenoxy) is 1. The molecule has 2 aromatic rings. The Labute approximate surface area is 180 Å². The lowest BCUT2D eigenvalue weighted by Gasteiger charge is -2.33. The van der Waals surface area contributed by atoms with Crippen molar-refractivity contribution in [2.75, 3.05) is 19.8 Å². The number of morpholine rings is 1. The molecule has 1 saturated heterocycles. The van der Waals surface area contributed by atoms with Gasteiger partial charge in [-0.3, -0.25) is 9.69 Å². The molecule has 2 amide bonds. The lowest BCUT2D eigenvalue weighted by Crippen LogP contribution is -2.43. The van der Waals surface area contributed by atoms with E-state index in [4.69, 9.17) is 4.74 Å². The van der Waals surface area contributed by atoms with E-state index in [9.17, 15) is 14.7 Å². The van der Waals surface area contributed by atoms with Gasteiger partial charge >= 0.3 is 6.09 Å². The van der Waals surface area contributed by atoms with Crippen molar-refractivity contribution >= 4 is 23.0 Å². The molecule has 1 aliphatic carbocycles. The molecule has 1 aliphatic heterocycles. The molecule has 0 spiro atoms. The van der Waals surface area contributed by atoms with Gasteiger partial charge in [-0.2, -0.15) is 0 Å². The van der Waals surface area contributed by atoms with E-state index in [1.807, 2.05) is 0 Å². The lowest BCUT2D eigenvalue weighted by atomic mass is 9.79. The lowest BCUT2D eigenvalue weighted by molar-refractivity contribution is -0.120. The first-order chi connectivity index (χ1) is 14.8. The van der Waals surface area contributed by atoms with E-state index in [2.05, 4.69) is 22.2 Å². The van der Waals surface area contributed by atoms with Gasteiger partial charge in [0.1, 0.15) is 11.3 Å². The molecule has 2 atom stereocenters. The van der Waals surface area contributed by atoms with Crippen molar-refractivity contribution < 1.29 is 23.8 Å². The number of halogens is 1. The summed E-state index contributed by atoms with van der Waals surface area (Å²) in [5.74, 6) is 0.732. The van der Waals surface area contributed by atoms with Crippen molar-refractivity contribution in [3.8, 4) is 0 Å². The number of aromatic amines is 1. The summed E-state index contributed by atoms with van der Waals surface area (Å²) in [6.07, 6.45) is 3.03. The summed E-state index contributed by atoms with van der Waals surface area (Å²) in [6.45, 7) is 4.28.